The van der Waals surface area contributed by atoms with Gasteiger partial charge in [-0.1, -0.05) is 51.5 Å². The van der Waals surface area contributed by atoms with Crippen molar-refractivity contribution < 1.29 is 32.5 Å². The summed E-state index contributed by atoms with van der Waals surface area (Å²) >= 11 is 1.83. The highest BCUT2D eigenvalue weighted by atomic mass is 32.2. The Bertz CT molecular complexity index is 2110. The van der Waals surface area contributed by atoms with E-state index in [9.17, 15) is 4.79 Å². The molecule has 3 N–H and O–H groups in total. The predicted octanol–water partition coefficient (Wildman–Crippen LogP) is 9.29. The van der Waals surface area contributed by atoms with Crippen molar-refractivity contribution in [3.63, 3.8) is 0 Å². The number of fused-ring (bicyclic) bond motifs is 5. The van der Waals surface area contributed by atoms with E-state index in [2.05, 4.69) is 36.8 Å². The first-order valence-corrected chi connectivity index (χ1v) is 20.5. The van der Waals surface area contributed by atoms with E-state index in [1.54, 1.807) is 6.20 Å². The van der Waals surface area contributed by atoms with Gasteiger partial charge in [0.15, 0.2) is 23.2 Å². The molecular weight excluding hydrogens is 735 g/mol. The Balaban J connectivity index is 1.31. The Morgan fingerprint density at radius 3 is 2.64 bits per heavy atom. The number of aromatic nitrogens is 1. The number of carbonyl (C=O) groups is 1. The summed E-state index contributed by atoms with van der Waals surface area (Å²) in [4.78, 5) is 25.3. The van der Waals surface area contributed by atoms with Crippen molar-refractivity contribution in [1.29, 1.82) is 0 Å². The number of benzene rings is 3. The lowest BCUT2D eigenvalue weighted by Gasteiger charge is -2.32. The third-order valence-electron chi connectivity index (χ3n) is 10.8. The number of halogens is 2. The van der Waals surface area contributed by atoms with Crippen LogP contribution in [0.3, 0.4) is 0 Å². The van der Waals surface area contributed by atoms with E-state index in [1.165, 1.54) is 31.3 Å². The number of aryl methyl sites for hydroxylation is 1. The first kappa shape index (κ1) is 41.4. The highest BCUT2D eigenvalue weighted by Crippen LogP contribution is 2.39. The number of H-pyrrole nitrogens is 1. The zero-order valence-electron chi connectivity index (χ0n) is 33.5. The largest absolute Gasteiger partial charge is 0.463 e. The van der Waals surface area contributed by atoms with E-state index in [0.717, 1.165) is 46.4 Å². The van der Waals surface area contributed by atoms with Gasteiger partial charge in [0.2, 0.25) is 0 Å². The number of nitrogens with one attached hydrogen (secondary N) is 1. The van der Waals surface area contributed by atoms with Crippen molar-refractivity contribution in [2.75, 3.05) is 31.8 Å². The molecule has 2 aliphatic rings. The van der Waals surface area contributed by atoms with Crippen molar-refractivity contribution in [1.82, 2.24) is 4.98 Å². The molecule has 4 aromatic rings. The fraction of sp³-hybridized carbons (Fsp3) is 0.477. The summed E-state index contributed by atoms with van der Waals surface area (Å²) in [5.74, 6) is -0.0868. The van der Waals surface area contributed by atoms with E-state index in [-0.39, 0.29) is 52.8 Å². The lowest BCUT2D eigenvalue weighted by Crippen LogP contribution is -2.40. The van der Waals surface area contributed by atoms with Gasteiger partial charge in [-0.05, 0) is 98.8 Å². The molecule has 0 aliphatic carbocycles. The number of esters is 1. The van der Waals surface area contributed by atoms with Crippen molar-refractivity contribution in [3.8, 4) is 11.5 Å². The Labute approximate surface area is 332 Å². The van der Waals surface area contributed by atoms with Crippen LogP contribution in [0.1, 0.15) is 83.1 Å². The van der Waals surface area contributed by atoms with Gasteiger partial charge < -0.3 is 29.7 Å². The summed E-state index contributed by atoms with van der Waals surface area (Å²) in [5, 5.41) is 0.887. The van der Waals surface area contributed by atoms with E-state index < -0.39 is 28.8 Å². The smallest absolute Gasteiger partial charge is 0.309 e. The minimum atomic E-state index is -0.772. The summed E-state index contributed by atoms with van der Waals surface area (Å²) in [6.45, 7) is 12.6. The molecule has 1 aromatic heterocycles. The Hall–Kier alpha value is -4.26. The fourth-order valence-corrected chi connectivity index (χ4v) is 8.67. The number of aliphatic imine (C=N–C) groups is 2. The van der Waals surface area contributed by atoms with Crippen LogP contribution in [0.5, 0.6) is 11.5 Å². The van der Waals surface area contributed by atoms with Crippen molar-refractivity contribution in [2.24, 2.45) is 27.1 Å². The number of aromatic amines is 1. The van der Waals surface area contributed by atoms with Crippen LogP contribution in [0.2, 0.25) is 0 Å². The summed E-state index contributed by atoms with van der Waals surface area (Å²) in [6, 6.07) is 15.6. The topological polar surface area (TPSA) is 121 Å². The third kappa shape index (κ3) is 9.64. The molecule has 1 saturated heterocycles. The van der Waals surface area contributed by atoms with Crippen LogP contribution < -0.4 is 10.5 Å². The lowest BCUT2D eigenvalue weighted by molar-refractivity contribution is -0.161. The number of hydrogen-bond donors (Lipinski definition) is 2. The summed E-state index contributed by atoms with van der Waals surface area (Å²) in [6.07, 6.45) is 4.95. The van der Waals surface area contributed by atoms with Gasteiger partial charge in [0.1, 0.15) is 30.1 Å². The highest BCUT2D eigenvalue weighted by Gasteiger charge is 2.35. The zero-order chi connectivity index (χ0) is 40.3. The highest BCUT2D eigenvalue weighted by molar-refractivity contribution is 7.99. The van der Waals surface area contributed by atoms with Crippen LogP contribution in [0.4, 0.5) is 8.78 Å². The van der Waals surface area contributed by atoms with E-state index in [1.807, 2.05) is 56.8 Å². The second-order valence-corrected chi connectivity index (χ2v) is 17.5. The van der Waals surface area contributed by atoms with Crippen LogP contribution in [0, 0.1) is 23.0 Å². The monoisotopic (exact) mass is 788 g/mol. The molecule has 6 rings (SSSR count). The third-order valence-corrected chi connectivity index (χ3v) is 12.3. The number of nitrogens with zero attached hydrogens (tertiary/aromatic N) is 2. The molecule has 3 aromatic carbocycles. The first-order valence-electron chi connectivity index (χ1n) is 19.3. The zero-order valence-corrected chi connectivity index (χ0v) is 34.3. The number of thioether (sulfide) groups is 1. The maximum absolute atomic E-state index is 15.7. The van der Waals surface area contributed by atoms with Crippen LogP contribution in [0.25, 0.3) is 10.9 Å². The molecule has 12 heteroatoms. The molecule has 0 saturated carbocycles. The Morgan fingerprint density at radius 1 is 1.09 bits per heavy atom. The minimum Gasteiger partial charge on any atom is -0.463 e. The molecule has 56 heavy (non-hydrogen) atoms. The van der Waals surface area contributed by atoms with Gasteiger partial charge in [0, 0.05) is 41.2 Å². The first-order chi connectivity index (χ1) is 26.6. The molecule has 3 atom stereocenters. The molecule has 9 nitrogen and oxygen atoms in total. The van der Waals surface area contributed by atoms with Gasteiger partial charge >= 0.3 is 5.97 Å². The van der Waals surface area contributed by atoms with Gasteiger partial charge in [0.05, 0.1) is 18.1 Å². The molecule has 2 aliphatic heterocycles. The predicted molar refractivity (Wildman–Crippen MR) is 220 cm³/mol. The molecular formula is C44H54F2N4O5S. The van der Waals surface area contributed by atoms with Crippen LogP contribution in [-0.2, 0) is 37.3 Å². The standard InChI is InChI=1S/C44H54F2N4O5S/c1-27(40(51)52-24-31-25-53-43(4,5)55-31)20-28-10-8-11-29(21-28)44(6)17-9-16-42(2,3)26-56-19-15-33-32-14-18-49-37(32)23-36(46)38(33)54-30-12-13-35(45)34(22-30)39(48-7)50-41(44)47/h8,10-14,18,21-23,27,31,49H,9,15-17,19-20,24-26H2,1-7H3,(H2,47,48,50)/t27?,31?,44-/m1/s1. The van der Waals surface area contributed by atoms with Gasteiger partial charge in [-0.3, -0.25) is 9.79 Å². The number of rotatable bonds is 6. The second-order valence-electron chi connectivity index (χ2n) is 16.4. The number of nitrogens with two attached hydrogens (primary N) is 1. The summed E-state index contributed by atoms with van der Waals surface area (Å²) in [5.41, 5.74) is 9.61. The number of hydrogen-bond acceptors (Lipinski definition) is 8. The van der Waals surface area contributed by atoms with E-state index in [4.69, 9.17) is 29.7 Å². The Kier molecular flexibility index (Phi) is 12.6. The average Bonchev–Trinajstić information content (AvgIpc) is 3.77. The lowest BCUT2D eigenvalue weighted by atomic mass is 9.74. The molecule has 2 unspecified atom stereocenters. The molecule has 0 amide bonds. The van der Waals surface area contributed by atoms with Gasteiger partial charge in [-0.2, -0.15) is 11.8 Å². The maximum Gasteiger partial charge on any atom is 0.309 e. The normalized spacial score (nSPS) is 23.1. The number of ether oxygens (including phenoxy) is 4. The quantitative estimate of drug-likeness (QED) is 0.187. The van der Waals surface area contributed by atoms with Crippen molar-refractivity contribution >= 4 is 40.3 Å². The van der Waals surface area contributed by atoms with E-state index >= 15 is 8.78 Å². The maximum atomic E-state index is 15.7. The molecule has 300 valence electrons. The van der Waals surface area contributed by atoms with Crippen LogP contribution in [-0.4, -0.2) is 66.3 Å². The fourth-order valence-electron chi connectivity index (χ4n) is 7.48. The van der Waals surface area contributed by atoms with Gasteiger partial charge in [0.25, 0.3) is 0 Å². The SMILES string of the molecule is CN=C1N=C(N)[C@@](C)(c2cccc(CC(C)C(=O)OCC3COC(C)(C)O3)c2)CCCC(C)(C)CSCCc2c(c(F)cc3[nH]ccc23)Oc2ccc(F)c1c2. The van der Waals surface area contributed by atoms with Gasteiger partial charge in [-0.15, -0.1) is 0 Å². The molecule has 0 spiro atoms. The van der Waals surface area contributed by atoms with Crippen molar-refractivity contribution in [3.05, 3.63) is 94.7 Å². The molecule has 3 heterocycles. The number of carbonyl (C=O) groups excluding carboxylic acids is 1. The number of amidine groups is 2. The molecule has 1 fully saturated rings. The average molecular weight is 789 g/mol. The molecule has 0 radical (unpaired) electrons. The van der Waals surface area contributed by atoms with Crippen molar-refractivity contribution in [2.45, 2.75) is 91.0 Å². The van der Waals surface area contributed by atoms with Crippen LogP contribution >= 0.6 is 11.8 Å². The minimum absolute atomic E-state index is 0.00669. The second kappa shape index (κ2) is 17.1. The molecule has 2 bridgehead atoms. The van der Waals surface area contributed by atoms with Gasteiger partial charge in [-0.25, -0.2) is 13.8 Å². The summed E-state index contributed by atoms with van der Waals surface area (Å²) in [7, 11) is 1.54. The van der Waals surface area contributed by atoms with E-state index in [0.29, 0.717) is 31.4 Å². The Morgan fingerprint density at radius 2 is 1.89 bits per heavy atom. The van der Waals surface area contributed by atoms with Crippen LogP contribution in [0.15, 0.2) is 70.8 Å². The summed E-state index contributed by atoms with van der Waals surface area (Å²) < 4.78 is 54.6.